The molecule has 0 unspecified atom stereocenters. The van der Waals surface area contributed by atoms with E-state index >= 15 is 0 Å². The fourth-order valence-electron chi connectivity index (χ4n) is 4.71. The fraction of sp³-hybridized carbons (Fsp3) is 0.273. The highest BCUT2D eigenvalue weighted by Crippen LogP contribution is 2.44. The van der Waals surface area contributed by atoms with E-state index in [1.807, 2.05) is 69.4 Å². The second-order valence-corrected chi connectivity index (χ2v) is 10.5. The molecule has 0 aliphatic carbocycles. The number of rotatable bonds is 3. The van der Waals surface area contributed by atoms with Crippen LogP contribution in [0, 0.1) is 32.8 Å². The Balaban J connectivity index is 1.93. The summed E-state index contributed by atoms with van der Waals surface area (Å²) >= 11 is 0. The Morgan fingerprint density at radius 1 is 0.917 bits per heavy atom. The average Bonchev–Trinajstić information content (AvgIpc) is 3.26. The van der Waals surface area contributed by atoms with Crippen LogP contribution in [0.4, 0.5) is 5.69 Å². The molecule has 0 fully saturated rings. The van der Waals surface area contributed by atoms with Gasteiger partial charge in [-0.1, -0.05) is 74.9 Å². The van der Waals surface area contributed by atoms with E-state index in [9.17, 15) is 1.37 Å². The first-order valence-corrected chi connectivity index (χ1v) is 12.1. The van der Waals surface area contributed by atoms with Gasteiger partial charge in [0.1, 0.15) is 18.2 Å². The molecule has 5 aromatic rings. The zero-order valence-corrected chi connectivity index (χ0v) is 21.9. The zero-order valence-electron chi connectivity index (χ0n) is 25.9. The van der Waals surface area contributed by atoms with Gasteiger partial charge in [0.05, 0.1) is 14.9 Å². The molecule has 0 aliphatic heterocycles. The van der Waals surface area contributed by atoms with Crippen LogP contribution in [0.2, 0.25) is 0 Å². The maximum absolute atomic E-state index is 9.30. The molecule has 0 saturated heterocycles. The summed E-state index contributed by atoms with van der Waals surface area (Å²) in [5.74, 6) is 0. The van der Waals surface area contributed by atoms with Gasteiger partial charge in [0, 0.05) is 38.1 Å². The molecule has 0 spiro atoms. The van der Waals surface area contributed by atoms with E-state index < -0.39 is 11.8 Å². The van der Waals surface area contributed by atoms with Gasteiger partial charge in [0.25, 0.3) is 0 Å². The average molecular weight is 478 g/mol. The van der Waals surface area contributed by atoms with Gasteiger partial charge in [0.15, 0.2) is 11.4 Å². The lowest BCUT2D eigenvalue weighted by Gasteiger charge is -2.18. The van der Waals surface area contributed by atoms with E-state index in [0.29, 0.717) is 33.8 Å². The molecular weight excluding hydrogens is 440 g/mol. The molecule has 0 aliphatic rings. The second kappa shape index (κ2) is 8.64. The quantitative estimate of drug-likeness (QED) is 0.188. The number of benzene rings is 3. The van der Waals surface area contributed by atoms with Crippen molar-refractivity contribution in [2.45, 2.75) is 47.9 Å². The van der Waals surface area contributed by atoms with E-state index in [4.69, 9.17) is 15.1 Å². The van der Waals surface area contributed by atoms with Crippen molar-refractivity contribution in [3.05, 3.63) is 94.4 Å². The predicted octanol–water partition coefficient (Wildman–Crippen LogP) is 8.81. The molecule has 0 saturated carbocycles. The molecule has 0 bridgehead atoms. The van der Waals surface area contributed by atoms with Gasteiger partial charge in [-0.3, -0.25) is 0 Å². The number of fused-ring (bicyclic) bond motifs is 3. The zero-order chi connectivity index (χ0) is 29.3. The molecule has 180 valence electrons. The van der Waals surface area contributed by atoms with Gasteiger partial charge in [-0.05, 0) is 42.3 Å². The van der Waals surface area contributed by atoms with E-state index in [0.717, 1.165) is 33.0 Å². The number of aryl methyl sites for hydroxylation is 2. The Bertz CT molecular complexity index is 1870. The van der Waals surface area contributed by atoms with Crippen LogP contribution in [0.15, 0.2) is 65.0 Å². The van der Waals surface area contributed by atoms with Crippen molar-refractivity contribution in [3.63, 3.8) is 0 Å². The lowest BCUT2D eigenvalue weighted by Crippen LogP contribution is -2.35. The van der Waals surface area contributed by atoms with Crippen molar-refractivity contribution in [2.24, 2.45) is 12.5 Å². The third kappa shape index (κ3) is 4.07. The minimum Gasteiger partial charge on any atom is -0.456 e. The lowest BCUT2D eigenvalue weighted by molar-refractivity contribution is -0.666. The minimum atomic E-state index is -1.92. The standard InChI is InChI=1S/C33H33N2O/c1-20-9-12-24(13-10-20)30-27(34-7)16-15-26-25-14-11-21(2)29(31(25)36-32(26)30)28-18-23(19-33(4,5)6)17-22(3)35(28)8/h9-18H,19H2,1-6,8H3/q+1/i17D,18D,19D2. The topological polar surface area (TPSA) is 21.4 Å². The van der Waals surface area contributed by atoms with Gasteiger partial charge in [-0.2, -0.15) is 4.57 Å². The Labute approximate surface area is 219 Å². The van der Waals surface area contributed by atoms with Crippen LogP contribution < -0.4 is 4.57 Å². The van der Waals surface area contributed by atoms with Crippen molar-refractivity contribution in [1.29, 1.82) is 0 Å². The molecule has 0 radical (unpaired) electrons. The van der Waals surface area contributed by atoms with Gasteiger partial charge < -0.3 is 4.42 Å². The Hall–Kier alpha value is -3.90. The normalized spacial score (nSPS) is 13.8. The molecule has 36 heavy (non-hydrogen) atoms. The third-order valence-corrected chi connectivity index (χ3v) is 6.58. The molecule has 0 atom stereocenters. The SMILES string of the molecule is [2H]c1c(C([2H])([2H])C(C)(C)C)c([2H])c(-c2c(C)ccc3c2oc2c(-c4ccc(C)cc4)c([N+]#[C-])ccc23)[n+](C)c1C. The van der Waals surface area contributed by atoms with Crippen molar-refractivity contribution in [2.75, 3.05) is 0 Å². The fourth-order valence-corrected chi connectivity index (χ4v) is 4.71. The Morgan fingerprint density at radius 2 is 1.56 bits per heavy atom. The van der Waals surface area contributed by atoms with Crippen molar-refractivity contribution in [3.8, 4) is 22.4 Å². The summed E-state index contributed by atoms with van der Waals surface area (Å²) in [7, 11) is 1.81. The third-order valence-electron chi connectivity index (χ3n) is 6.58. The van der Waals surface area contributed by atoms with Crippen LogP contribution in [0.3, 0.4) is 0 Å². The van der Waals surface area contributed by atoms with Gasteiger partial charge >= 0.3 is 0 Å². The molecule has 3 heteroatoms. The Kier molecular flexibility index (Phi) is 4.64. The molecule has 3 aromatic carbocycles. The van der Waals surface area contributed by atoms with E-state index in [-0.39, 0.29) is 17.6 Å². The molecule has 2 aromatic heterocycles. The van der Waals surface area contributed by atoms with E-state index in [2.05, 4.69) is 4.85 Å². The molecular formula is C33H33N2O+. The molecule has 3 nitrogen and oxygen atoms in total. The molecule has 2 heterocycles. The van der Waals surface area contributed by atoms with Crippen LogP contribution >= 0.6 is 0 Å². The summed E-state index contributed by atoms with van der Waals surface area (Å²) in [6.07, 6.45) is -1.92. The summed E-state index contributed by atoms with van der Waals surface area (Å²) in [6, 6.07) is 15.8. The molecule has 0 amide bonds. The van der Waals surface area contributed by atoms with Crippen molar-refractivity contribution >= 4 is 27.6 Å². The Morgan fingerprint density at radius 3 is 2.19 bits per heavy atom. The first-order chi connectivity index (χ1) is 18.7. The monoisotopic (exact) mass is 477 g/mol. The summed E-state index contributed by atoms with van der Waals surface area (Å²) in [6.45, 7) is 19.0. The number of furan rings is 1. The number of pyridine rings is 1. The first-order valence-electron chi connectivity index (χ1n) is 14.1. The highest BCUT2D eigenvalue weighted by molar-refractivity contribution is 6.15. The minimum absolute atomic E-state index is 0.0188. The lowest BCUT2D eigenvalue weighted by atomic mass is 9.87. The van der Waals surface area contributed by atoms with Crippen LogP contribution in [0.5, 0.6) is 0 Å². The summed E-state index contributed by atoms with van der Waals surface area (Å²) < 4.78 is 44.6. The predicted molar refractivity (Wildman–Crippen MR) is 149 cm³/mol. The van der Waals surface area contributed by atoms with E-state index in [1.54, 1.807) is 32.3 Å². The van der Waals surface area contributed by atoms with E-state index in [1.165, 1.54) is 0 Å². The number of aromatic nitrogens is 1. The summed E-state index contributed by atoms with van der Waals surface area (Å²) in [4.78, 5) is 3.79. The number of hydrogen-bond donors (Lipinski definition) is 0. The molecule has 0 N–H and O–H groups in total. The van der Waals surface area contributed by atoms with Crippen LogP contribution in [-0.4, -0.2) is 0 Å². The van der Waals surface area contributed by atoms with Gasteiger partial charge in [-0.25, -0.2) is 4.85 Å². The van der Waals surface area contributed by atoms with Crippen LogP contribution in [-0.2, 0) is 13.4 Å². The summed E-state index contributed by atoms with van der Waals surface area (Å²) in [5, 5.41) is 1.72. The number of hydrogen-bond acceptors (Lipinski definition) is 1. The van der Waals surface area contributed by atoms with Crippen molar-refractivity contribution in [1.82, 2.24) is 0 Å². The van der Waals surface area contributed by atoms with Gasteiger partial charge in [-0.15, -0.1) is 0 Å². The smallest absolute Gasteiger partial charge is 0.216 e. The maximum atomic E-state index is 9.30. The largest absolute Gasteiger partial charge is 0.456 e. The number of nitrogens with zero attached hydrogens (tertiary/aromatic N) is 2. The summed E-state index contributed by atoms with van der Waals surface area (Å²) in [5.41, 5.74) is 6.29. The van der Waals surface area contributed by atoms with Crippen molar-refractivity contribution < 1.29 is 14.5 Å². The van der Waals surface area contributed by atoms with Gasteiger partial charge in [0.2, 0.25) is 5.69 Å². The molecule has 5 rings (SSSR count). The van der Waals surface area contributed by atoms with Crippen LogP contribution in [0.25, 0.3) is 49.2 Å². The second-order valence-electron chi connectivity index (χ2n) is 10.5. The highest BCUT2D eigenvalue weighted by atomic mass is 16.3. The van der Waals surface area contributed by atoms with Crippen LogP contribution in [0.1, 0.15) is 48.6 Å². The highest BCUT2D eigenvalue weighted by Gasteiger charge is 2.25. The maximum Gasteiger partial charge on any atom is 0.216 e. The first kappa shape index (κ1) is 19.3.